The van der Waals surface area contributed by atoms with E-state index in [0.29, 0.717) is 24.8 Å². The van der Waals surface area contributed by atoms with Gasteiger partial charge in [-0.3, -0.25) is 9.69 Å². The number of carbonyl (C=O) groups excluding carboxylic acids is 1. The van der Waals surface area contributed by atoms with Gasteiger partial charge in [-0.1, -0.05) is 25.1 Å². The molecule has 4 nitrogen and oxygen atoms in total. The van der Waals surface area contributed by atoms with E-state index in [4.69, 9.17) is 4.74 Å². The molecule has 1 atom stereocenters. The summed E-state index contributed by atoms with van der Waals surface area (Å²) in [7, 11) is 1.65. The van der Waals surface area contributed by atoms with Crippen molar-refractivity contribution in [3.63, 3.8) is 0 Å². The van der Waals surface area contributed by atoms with Crippen LogP contribution in [0.5, 0.6) is 0 Å². The largest absolute Gasteiger partial charge is 0.380 e. The Morgan fingerprint density at radius 2 is 2.05 bits per heavy atom. The summed E-state index contributed by atoms with van der Waals surface area (Å²) in [4.78, 5) is 14.9. The monoisotopic (exact) mass is 304 g/mol. The highest BCUT2D eigenvalue weighted by Crippen LogP contribution is 2.17. The lowest BCUT2D eigenvalue weighted by atomic mass is 9.98. The topological polar surface area (TPSA) is 41.6 Å². The third-order valence-electron chi connectivity index (χ3n) is 4.56. The minimum Gasteiger partial charge on any atom is -0.380 e. The minimum absolute atomic E-state index is 0.00937. The average molecular weight is 304 g/mol. The molecule has 0 radical (unpaired) electrons. The van der Waals surface area contributed by atoms with Gasteiger partial charge in [0.25, 0.3) is 5.91 Å². The van der Waals surface area contributed by atoms with Gasteiger partial charge in [-0.25, -0.2) is 0 Å². The normalized spacial score (nSPS) is 18.1. The molecule has 0 bridgehead atoms. The number of methoxy groups -OCH3 is 1. The molecule has 0 aliphatic carbocycles. The molecule has 0 spiro atoms. The van der Waals surface area contributed by atoms with Crippen LogP contribution < -0.4 is 5.32 Å². The van der Waals surface area contributed by atoms with Gasteiger partial charge in [0.2, 0.25) is 0 Å². The summed E-state index contributed by atoms with van der Waals surface area (Å²) in [6.45, 7) is 7.93. The first-order chi connectivity index (χ1) is 10.6. The van der Waals surface area contributed by atoms with Crippen LogP contribution in [0.1, 0.15) is 42.6 Å². The van der Waals surface area contributed by atoms with Crippen LogP contribution in [0.3, 0.4) is 0 Å². The SMILES string of the molecule is COCc1ccccc1C(=O)NC[C@H](C)N1CCC(C)CC1. The predicted octanol–water partition coefficient (Wildman–Crippen LogP) is 2.68. The molecule has 1 fully saturated rings. The number of likely N-dealkylation sites (tertiary alicyclic amines) is 1. The fraction of sp³-hybridized carbons (Fsp3) is 0.611. The summed E-state index contributed by atoms with van der Waals surface area (Å²) in [5.41, 5.74) is 1.64. The van der Waals surface area contributed by atoms with Gasteiger partial charge in [-0.2, -0.15) is 0 Å². The zero-order valence-corrected chi connectivity index (χ0v) is 14.0. The van der Waals surface area contributed by atoms with E-state index < -0.39 is 0 Å². The van der Waals surface area contributed by atoms with Crippen LogP contribution in [0.15, 0.2) is 24.3 Å². The minimum atomic E-state index is -0.00937. The first-order valence-electron chi connectivity index (χ1n) is 8.21. The van der Waals surface area contributed by atoms with Gasteiger partial charge in [0, 0.05) is 25.3 Å². The summed E-state index contributed by atoms with van der Waals surface area (Å²) in [6.07, 6.45) is 2.52. The number of nitrogens with one attached hydrogen (secondary N) is 1. The average Bonchev–Trinajstić information content (AvgIpc) is 2.54. The number of ether oxygens (including phenoxy) is 1. The van der Waals surface area contributed by atoms with Crippen molar-refractivity contribution in [1.29, 1.82) is 0 Å². The molecular weight excluding hydrogens is 276 g/mol. The number of nitrogens with zero attached hydrogens (tertiary/aromatic N) is 1. The van der Waals surface area contributed by atoms with Gasteiger partial charge in [-0.05, 0) is 50.4 Å². The quantitative estimate of drug-likeness (QED) is 0.878. The summed E-state index contributed by atoms with van der Waals surface area (Å²) < 4.78 is 5.16. The molecule has 1 aliphatic rings. The molecule has 1 aromatic rings. The maximum atomic E-state index is 12.4. The number of hydrogen-bond donors (Lipinski definition) is 1. The standard InChI is InChI=1S/C18H28N2O2/c1-14-8-10-20(11-9-14)15(2)12-19-18(21)17-7-5-4-6-16(17)13-22-3/h4-7,14-15H,8-13H2,1-3H3,(H,19,21)/t15-/m0/s1. The summed E-state index contributed by atoms with van der Waals surface area (Å²) in [6, 6.07) is 8.00. The Morgan fingerprint density at radius 1 is 1.36 bits per heavy atom. The smallest absolute Gasteiger partial charge is 0.251 e. The Morgan fingerprint density at radius 3 is 2.73 bits per heavy atom. The van der Waals surface area contributed by atoms with Crippen molar-refractivity contribution in [2.45, 2.75) is 39.3 Å². The van der Waals surface area contributed by atoms with Crippen LogP contribution in [0.2, 0.25) is 0 Å². The van der Waals surface area contributed by atoms with Gasteiger partial charge < -0.3 is 10.1 Å². The third kappa shape index (κ3) is 4.55. The van der Waals surface area contributed by atoms with Crippen molar-refractivity contribution < 1.29 is 9.53 Å². The van der Waals surface area contributed by atoms with Crippen LogP contribution in [-0.2, 0) is 11.3 Å². The van der Waals surface area contributed by atoms with Crippen molar-refractivity contribution in [1.82, 2.24) is 10.2 Å². The number of rotatable bonds is 6. The van der Waals surface area contributed by atoms with Crippen molar-refractivity contribution in [2.75, 3.05) is 26.7 Å². The first-order valence-corrected chi connectivity index (χ1v) is 8.21. The lowest BCUT2D eigenvalue weighted by Gasteiger charge is -2.35. The number of piperidine rings is 1. The van der Waals surface area contributed by atoms with E-state index in [9.17, 15) is 4.79 Å². The second-order valence-corrected chi connectivity index (χ2v) is 6.37. The lowest BCUT2D eigenvalue weighted by molar-refractivity contribution is 0.0917. The van der Waals surface area contributed by atoms with Gasteiger partial charge in [0.1, 0.15) is 0 Å². The highest BCUT2D eigenvalue weighted by Gasteiger charge is 2.21. The van der Waals surface area contributed by atoms with E-state index in [1.807, 2.05) is 24.3 Å². The first kappa shape index (κ1) is 17.0. The number of carbonyl (C=O) groups is 1. The summed E-state index contributed by atoms with van der Waals surface area (Å²) in [5.74, 6) is 0.823. The van der Waals surface area contributed by atoms with Crippen molar-refractivity contribution in [3.8, 4) is 0 Å². The molecular formula is C18H28N2O2. The van der Waals surface area contributed by atoms with Gasteiger partial charge in [0.05, 0.1) is 6.61 Å². The van der Waals surface area contributed by atoms with E-state index in [1.165, 1.54) is 12.8 Å². The molecule has 2 rings (SSSR count). The van der Waals surface area contributed by atoms with E-state index in [1.54, 1.807) is 7.11 Å². The molecule has 1 aliphatic heterocycles. The Balaban J connectivity index is 1.87. The zero-order chi connectivity index (χ0) is 15.9. The predicted molar refractivity (Wildman–Crippen MR) is 88.9 cm³/mol. The van der Waals surface area contributed by atoms with Crippen molar-refractivity contribution >= 4 is 5.91 Å². The zero-order valence-electron chi connectivity index (χ0n) is 14.0. The molecule has 122 valence electrons. The fourth-order valence-electron chi connectivity index (χ4n) is 2.96. The molecule has 1 saturated heterocycles. The molecule has 1 aromatic carbocycles. The number of hydrogen-bond acceptors (Lipinski definition) is 3. The second kappa shape index (κ2) is 8.30. The van der Waals surface area contributed by atoms with Crippen LogP contribution >= 0.6 is 0 Å². The summed E-state index contributed by atoms with van der Waals surface area (Å²) >= 11 is 0. The van der Waals surface area contributed by atoms with Crippen LogP contribution in [0.4, 0.5) is 0 Å². The van der Waals surface area contributed by atoms with E-state index in [-0.39, 0.29) is 5.91 Å². The molecule has 4 heteroatoms. The highest BCUT2D eigenvalue weighted by atomic mass is 16.5. The van der Waals surface area contributed by atoms with Crippen LogP contribution in [0, 0.1) is 5.92 Å². The molecule has 1 amide bonds. The van der Waals surface area contributed by atoms with Crippen LogP contribution in [-0.4, -0.2) is 43.6 Å². The van der Waals surface area contributed by atoms with Crippen molar-refractivity contribution in [3.05, 3.63) is 35.4 Å². The second-order valence-electron chi connectivity index (χ2n) is 6.37. The Kier molecular flexibility index (Phi) is 6.40. The number of amides is 1. The summed E-state index contributed by atoms with van der Waals surface area (Å²) in [5, 5.41) is 3.07. The number of benzene rings is 1. The highest BCUT2D eigenvalue weighted by molar-refractivity contribution is 5.95. The third-order valence-corrected chi connectivity index (χ3v) is 4.56. The van der Waals surface area contributed by atoms with Gasteiger partial charge in [0.15, 0.2) is 0 Å². The maximum absolute atomic E-state index is 12.4. The molecule has 0 aromatic heterocycles. The molecule has 0 saturated carbocycles. The molecule has 1 N–H and O–H groups in total. The Labute approximate surface area is 133 Å². The molecule has 1 heterocycles. The Hall–Kier alpha value is -1.39. The van der Waals surface area contributed by atoms with E-state index >= 15 is 0 Å². The Bertz CT molecular complexity index is 482. The molecule has 0 unspecified atom stereocenters. The maximum Gasteiger partial charge on any atom is 0.251 e. The van der Waals surface area contributed by atoms with Crippen LogP contribution in [0.25, 0.3) is 0 Å². The van der Waals surface area contributed by atoms with Crippen molar-refractivity contribution in [2.24, 2.45) is 5.92 Å². The van der Waals surface area contributed by atoms with E-state index in [0.717, 1.165) is 24.6 Å². The fourth-order valence-corrected chi connectivity index (χ4v) is 2.96. The molecule has 22 heavy (non-hydrogen) atoms. The van der Waals surface area contributed by atoms with E-state index in [2.05, 4.69) is 24.1 Å². The van der Waals surface area contributed by atoms with Gasteiger partial charge in [-0.15, -0.1) is 0 Å². The van der Waals surface area contributed by atoms with Gasteiger partial charge >= 0.3 is 0 Å². The lowest BCUT2D eigenvalue weighted by Crippen LogP contribution is -2.45.